The largest absolute Gasteiger partial charge is 0.380 e. The number of hydrogen-bond donors (Lipinski definition) is 2. The third-order valence-corrected chi connectivity index (χ3v) is 6.14. The predicted octanol–water partition coefficient (Wildman–Crippen LogP) is 1.68. The van der Waals surface area contributed by atoms with Gasteiger partial charge < -0.3 is 15.8 Å². The van der Waals surface area contributed by atoms with Gasteiger partial charge in [0, 0.05) is 19.7 Å². The van der Waals surface area contributed by atoms with Gasteiger partial charge >= 0.3 is 0 Å². The van der Waals surface area contributed by atoms with Crippen molar-refractivity contribution in [1.29, 1.82) is 0 Å². The quantitative estimate of drug-likeness (QED) is 0.797. The van der Waals surface area contributed by atoms with Crippen LogP contribution in [0.4, 0.5) is 0 Å². The van der Waals surface area contributed by atoms with Gasteiger partial charge in [0.05, 0.1) is 12.5 Å². The van der Waals surface area contributed by atoms with Crippen LogP contribution in [0.3, 0.4) is 0 Å². The number of carbonyl (C=O) groups is 1. The fraction of sp³-hybridized carbons (Fsp3) is 0.933. The normalized spacial score (nSPS) is 37.3. The molecule has 0 aromatic heterocycles. The molecule has 2 rings (SSSR count). The lowest BCUT2D eigenvalue weighted by Crippen LogP contribution is -2.47. The monoisotopic (exact) mass is 268 g/mol. The van der Waals surface area contributed by atoms with E-state index in [2.05, 4.69) is 26.1 Å². The van der Waals surface area contributed by atoms with Gasteiger partial charge in [-0.1, -0.05) is 20.8 Å². The first-order valence-corrected chi connectivity index (χ1v) is 7.37. The average molecular weight is 268 g/mol. The molecule has 0 aromatic rings. The minimum absolute atomic E-state index is 0.0758. The van der Waals surface area contributed by atoms with Crippen molar-refractivity contribution in [2.75, 3.05) is 13.7 Å². The number of rotatable bonds is 5. The van der Waals surface area contributed by atoms with Crippen LogP contribution >= 0.6 is 0 Å². The van der Waals surface area contributed by atoms with Gasteiger partial charge in [0.1, 0.15) is 0 Å². The fourth-order valence-electron chi connectivity index (χ4n) is 4.14. The molecule has 0 aromatic carbocycles. The summed E-state index contributed by atoms with van der Waals surface area (Å²) < 4.78 is 5.18. The summed E-state index contributed by atoms with van der Waals surface area (Å²) >= 11 is 0. The zero-order valence-electron chi connectivity index (χ0n) is 12.7. The van der Waals surface area contributed by atoms with E-state index in [4.69, 9.17) is 10.5 Å². The van der Waals surface area contributed by atoms with Crippen molar-refractivity contribution in [1.82, 2.24) is 5.32 Å². The van der Waals surface area contributed by atoms with Gasteiger partial charge in [0.2, 0.25) is 5.91 Å². The van der Waals surface area contributed by atoms with Crippen LogP contribution in [0.1, 0.15) is 46.5 Å². The van der Waals surface area contributed by atoms with Crippen LogP contribution in [-0.4, -0.2) is 31.7 Å². The maximum Gasteiger partial charge on any atom is 0.222 e. The first-order valence-electron chi connectivity index (χ1n) is 7.37. The maximum absolute atomic E-state index is 12.1. The smallest absolute Gasteiger partial charge is 0.222 e. The number of ether oxygens (including phenoxy) is 1. The highest BCUT2D eigenvalue weighted by molar-refractivity contribution is 5.77. The van der Waals surface area contributed by atoms with E-state index < -0.39 is 0 Å². The Morgan fingerprint density at radius 2 is 2.16 bits per heavy atom. The van der Waals surface area contributed by atoms with Crippen LogP contribution in [0.2, 0.25) is 0 Å². The van der Waals surface area contributed by atoms with Crippen molar-refractivity contribution < 1.29 is 9.53 Å². The molecule has 0 radical (unpaired) electrons. The topological polar surface area (TPSA) is 64.3 Å². The van der Waals surface area contributed by atoms with Crippen molar-refractivity contribution in [3.05, 3.63) is 0 Å². The van der Waals surface area contributed by atoms with E-state index in [0.29, 0.717) is 24.4 Å². The molecule has 0 aliphatic heterocycles. The van der Waals surface area contributed by atoms with Crippen LogP contribution < -0.4 is 11.1 Å². The van der Waals surface area contributed by atoms with E-state index in [1.54, 1.807) is 7.11 Å². The second-order valence-corrected chi connectivity index (χ2v) is 7.03. The Morgan fingerprint density at radius 1 is 1.47 bits per heavy atom. The summed E-state index contributed by atoms with van der Waals surface area (Å²) in [5.74, 6) is 0.822. The first-order chi connectivity index (χ1) is 8.85. The Morgan fingerprint density at radius 3 is 2.58 bits per heavy atom. The van der Waals surface area contributed by atoms with Crippen molar-refractivity contribution in [3.63, 3.8) is 0 Å². The lowest BCUT2D eigenvalue weighted by molar-refractivity contribution is -0.125. The SMILES string of the molecule is COC(CN)CC(=O)NC1CC2CCC1(C)C2(C)C. The number of methoxy groups -OCH3 is 1. The van der Waals surface area contributed by atoms with Gasteiger partial charge in [-0.2, -0.15) is 0 Å². The molecule has 2 bridgehead atoms. The lowest BCUT2D eigenvalue weighted by Gasteiger charge is -2.39. The molecule has 0 spiro atoms. The summed E-state index contributed by atoms with van der Waals surface area (Å²) in [6, 6.07) is 0.309. The van der Waals surface area contributed by atoms with Gasteiger partial charge in [-0.25, -0.2) is 0 Å². The van der Waals surface area contributed by atoms with Crippen molar-refractivity contribution in [2.24, 2.45) is 22.5 Å². The summed E-state index contributed by atoms with van der Waals surface area (Å²) in [6.45, 7) is 7.44. The van der Waals surface area contributed by atoms with Crippen molar-refractivity contribution in [3.8, 4) is 0 Å². The molecule has 4 nitrogen and oxygen atoms in total. The summed E-state index contributed by atoms with van der Waals surface area (Å²) in [7, 11) is 1.60. The zero-order chi connectivity index (χ0) is 14.3. The van der Waals surface area contributed by atoms with E-state index in [-0.39, 0.29) is 17.4 Å². The van der Waals surface area contributed by atoms with E-state index in [9.17, 15) is 4.79 Å². The Labute approximate surface area is 116 Å². The molecule has 4 unspecified atom stereocenters. The van der Waals surface area contributed by atoms with E-state index in [1.165, 1.54) is 12.8 Å². The third-order valence-electron chi connectivity index (χ3n) is 6.14. The fourth-order valence-corrected chi connectivity index (χ4v) is 4.14. The Kier molecular flexibility index (Phi) is 3.94. The molecule has 19 heavy (non-hydrogen) atoms. The number of nitrogens with one attached hydrogen (secondary N) is 1. The molecule has 2 fully saturated rings. The number of amides is 1. The van der Waals surface area contributed by atoms with Gasteiger partial charge in [-0.15, -0.1) is 0 Å². The van der Waals surface area contributed by atoms with Crippen LogP contribution in [-0.2, 0) is 9.53 Å². The summed E-state index contributed by atoms with van der Waals surface area (Å²) in [5, 5.41) is 3.23. The van der Waals surface area contributed by atoms with Crippen LogP contribution in [0.15, 0.2) is 0 Å². The van der Waals surface area contributed by atoms with Gasteiger partial charge in [0.25, 0.3) is 0 Å². The highest BCUT2D eigenvalue weighted by Crippen LogP contribution is 2.65. The summed E-state index contributed by atoms with van der Waals surface area (Å²) in [5.41, 5.74) is 6.13. The summed E-state index contributed by atoms with van der Waals surface area (Å²) in [6.07, 6.45) is 3.85. The standard InChI is InChI=1S/C15H28N2O2/c1-14(2)10-5-6-15(14,3)12(7-10)17-13(18)8-11(9-16)19-4/h10-12H,5-9,16H2,1-4H3,(H,17,18). The highest BCUT2D eigenvalue weighted by Gasteiger charge is 2.61. The molecule has 0 saturated heterocycles. The van der Waals surface area contributed by atoms with Crippen molar-refractivity contribution >= 4 is 5.91 Å². The van der Waals surface area contributed by atoms with Gasteiger partial charge in [-0.3, -0.25) is 4.79 Å². The molecule has 2 aliphatic carbocycles. The zero-order valence-corrected chi connectivity index (χ0v) is 12.7. The molecule has 3 N–H and O–H groups in total. The molecule has 110 valence electrons. The highest BCUT2D eigenvalue weighted by atomic mass is 16.5. The maximum atomic E-state index is 12.1. The third kappa shape index (κ3) is 2.29. The van der Waals surface area contributed by atoms with Crippen LogP contribution in [0.5, 0.6) is 0 Å². The first kappa shape index (κ1) is 14.8. The number of fused-ring (bicyclic) bond motifs is 2. The Balaban J connectivity index is 1.96. The predicted molar refractivity (Wildman–Crippen MR) is 75.6 cm³/mol. The molecule has 0 heterocycles. The average Bonchev–Trinajstić information content (AvgIpc) is 2.69. The van der Waals surface area contributed by atoms with E-state index >= 15 is 0 Å². The minimum Gasteiger partial charge on any atom is -0.380 e. The number of carbonyl (C=O) groups excluding carboxylic acids is 1. The molecule has 2 aliphatic rings. The molecule has 4 atom stereocenters. The van der Waals surface area contributed by atoms with E-state index in [1.807, 2.05) is 0 Å². The van der Waals surface area contributed by atoms with Crippen molar-refractivity contribution in [2.45, 2.75) is 58.6 Å². The lowest BCUT2D eigenvalue weighted by atomic mass is 9.69. The molecule has 4 heteroatoms. The van der Waals surface area contributed by atoms with E-state index in [0.717, 1.165) is 12.3 Å². The number of hydrogen-bond acceptors (Lipinski definition) is 3. The molecular formula is C15H28N2O2. The second-order valence-electron chi connectivity index (χ2n) is 7.03. The van der Waals surface area contributed by atoms with Crippen LogP contribution in [0, 0.1) is 16.7 Å². The number of nitrogens with two attached hydrogens (primary N) is 1. The Bertz CT molecular complexity index is 352. The molecule has 2 saturated carbocycles. The van der Waals surface area contributed by atoms with Gasteiger partial charge in [-0.05, 0) is 36.0 Å². The van der Waals surface area contributed by atoms with Gasteiger partial charge in [0.15, 0.2) is 0 Å². The van der Waals surface area contributed by atoms with Crippen LogP contribution in [0.25, 0.3) is 0 Å². The summed E-state index contributed by atoms with van der Waals surface area (Å²) in [4.78, 5) is 12.1. The Hall–Kier alpha value is -0.610. The molecule has 1 amide bonds. The molecular weight excluding hydrogens is 240 g/mol. The minimum atomic E-state index is -0.167. The second kappa shape index (κ2) is 5.06.